The molecule has 0 saturated carbocycles. The molecule has 0 bridgehead atoms. The zero-order chi connectivity index (χ0) is 15.6. The third-order valence-electron chi connectivity index (χ3n) is 3.33. The molecule has 0 aliphatic carbocycles. The number of azide groups is 1. The van der Waals surface area contributed by atoms with E-state index < -0.39 is 30.6 Å². The molecule has 2 rings (SSSR count). The summed E-state index contributed by atoms with van der Waals surface area (Å²) in [7, 11) is 0. The number of benzene rings is 1. The molecule has 21 heavy (non-hydrogen) atoms. The zero-order valence-electron chi connectivity index (χ0n) is 10.7. The Morgan fingerprint density at radius 1 is 1.62 bits per heavy atom. The van der Waals surface area contributed by atoms with E-state index in [1.165, 1.54) is 0 Å². The molecule has 2 atom stereocenters. The number of likely N-dealkylation sites (tertiary alicyclic amines) is 1. The van der Waals surface area contributed by atoms with E-state index in [-0.39, 0.29) is 6.42 Å². The van der Waals surface area contributed by atoms with Crippen molar-refractivity contribution in [1.29, 1.82) is 0 Å². The van der Waals surface area contributed by atoms with Crippen molar-refractivity contribution in [2.24, 2.45) is 5.11 Å². The molecule has 0 radical (unpaired) electrons. The van der Waals surface area contributed by atoms with Crippen LogP contribution in [0.25, 0.3) is 10.4 Å². The van der Waals surface area contributed by atoms with Gasteiger partial charge < -0.3 is 5.11 Å². The topological polar surface area (TPSA) is 89.3 Å². The van der Waals surface area contributed by atoms with E-state index in [2.05, 4.69) is 10.0 Å². The quantitative estimate of drug-likeness (QED) is 0.525. The number of rotatable bonds is 3. The van der Waals surface area contributed by atoms with Crippen molar-refractivity contribution in [3.05, 3.63) is 45.3 Å². The van der Waals surface area contributed by atoms with Gasteiger partial charge in [0, 0.05) is 9.93 Å². The molecule has 1 N–H and O–H groups in total. The number of amides is 1. The molecule has 6 nitrogen and oxygen atoms in total. The van der Waals surface area contributed by atoms with Crippen molar-refractivity contribution in [3.63, 3.8) is 0 Å². The molecule has 1 amide bonds. The first kappa shape index (κ1) is 15.3. The minimum Gasteiger partial charge on any atom is -0.465 e. The molecular weight excluding hydrogens is 306 g/mol. The summed E-state index contributed by atoms with van der Waals surface area (Å²) in [6, 6.07) is 3.59. The molecule has 1 aliphatic rings. The number of hydrogen-bond donors (Lipinski definition) is 1. The SMILES string of the molecule is [N-]=[N+]=N[C@@H]1[C@H](Cc2cccc(Cl)c2)N(C(=O)O)CC1(F)F. The summed E-state index contributed by atoms with van der Waals surface area (Å²) >= 11 is 5.82. The van der Waals surface area contributed by atoms with Crippen LogP contribution in [0.5, 0.6) is 0 Å². The van der Waals surface area contributed by atoms with Crippen LogP contribution < -0.4 is 0 Å². The van der Waals surface area contributed by atoms with Crippen LogP contribution in [0.4, 0.5) is 13.6 Å². The van der Waals surface area contributed by atoms with Gasteiger partial charge in [0.05, 0.1) is 12.6 Å². The molecular formula is C12H11ClF2N4O2. The summed E-state index contributed by atoms with van der Waals surface area (Å²) in [4.78, 5) is 14.2. The fraction of sp³-hybridized carbons (Fsp3) is 0.417. The highest BCUT2D eigenvalue weighted by molar-refractivity contribution is 6.30. The smallest absolute Gasteiger partial charge is 0.407 e. The standard InChI is InChI=1S/C12H11ClF2N4O2/c13-8-3-1-2-7(4-8)5-9-10(17-18-16)12(14,15)6-19(9)11(20)21/h1-4,9-10H,5-6H2,(H,20,21)/t9-,10+/m0/s1. The van der Waals surface area contributed by atoms with Crippen LogP contribution in [-0.4, -0.2) is 40.7 Å². The van der Waals surface area contributed by atoms with Gasteiger partial charge in [0.15, 0.2) is 0 Å². The van der Waals surface area contributed by atoms with E-state index >= 15 is 0 Å². The number of carboxylic acid groups (broad SMARTS) is 1. The highest BCUT2D eigenvalue weighted by Crippen LogP contribution is 2.36. The van der Waals surface area contributed by atoms with Crippen molar-refractivity contribution in [3.8, 4) is 0 Å². The van der Waals surface area contributed by atoms with E-state index in [0.717, 1.165) is 0 Å². The highest BCUT2D eigenvalue weighted by Gasteiger charge is 2.55. The normalized spacial score (nSPS) is 23.7. The van der Waals surface area contributed by atoms with Gasteiger partial charge in [-0.2, -0.15) is 0 Å². The molecule has 1 saturated heterocycles. The third kappa shape index (κ3) is 3.17. The summed E-state index contributed by atoms with van der Waals surface area (Å²) in [6.07, 6.45) is -1.48. The van der Waals surface area contributed by atoms with Crippen molar-refractivity contribution >= 4 is 17.7 Å². The fourth-order valence-corrected chi connectivity index (χ4v) is 2.66. The lowest BCUT2D eigenvalue weighted by Gasteiger charge is -2.23. The van der Waals surface area contributed by atoms with Crippen LogP contribution in [0.15, 0.2) is 29.4 Å². The second kappa shape index (κ2) is 5.75. The Kier molecular flexibility index (Phi) is 4.20. The van der Waals surface area contributed by atoms with Gasteiger partial charge >= 0.3 is 6.09 Å². The van der Waals surface area contributed by atoms with Crippen LogP contribution in [0.3, 0.4) is 0 Å². The Bertz CT molecular complexity index is 607. The molecule has 1 fully saturated rings. The average Bonchev–Trinajstić information content (AvgIpc) is 2.63. The van der Waals surface area contributed by atoms with Crippen LogP contribution in [0.2, 0.25) is 5.02 Å². The Labute approximate surface area is 123 Å². The first-order chi connectivity index (χ1) is 9.85. The lowest BCUT2D eigenvalue weighted by Crippen LogP contribution is -2.40. The first-order valence-electron chi connectivity index (χ1n) is 6.01. The Balaban J connectivity index is 2.35. The fourth-order valence-electron chi connectivity index (χ4n) is 2.44. The maximum atomic E-state index is 13.8. The van der Waals surface area contributed by atoms with Crippen molar-refractivity contribution < 1.29 is 18.7 Å². The monoisotopic (exact) mass is 316 g/mol. The van der Waals surface area contributed by atoms with Crippen LogP contribution >= 0.6 is 11.6 Å². The van der Waals surface area contributed by atoms with Gasteiger partial charge in [0.1, 0.15) is 6.04 Å². The second-order valence-electron chi connectivity index (χ2n) is 4.72. The van der Waals surface area contributed by atoms with Gasteiger partial charge in [-0.1, -0.05) is 28.8 Å². The average molecular weight is 317 g/mol. The lowest BCUT2D eigenvalue weighted by molar-refractivity contribution is -0.00100. The van der Waals surface area contributed by atoms with Gasteiger partial charge in [0.25, 0.3) is 5.92 Å². The molecule has 0 unspecified atom stereocenters. The summed E-state index contributed by atoms with van der Waals surface area (Å²) in [5.74, 6) is -3.39. The molecule has 112 valence electrons. The minimum atomic E-state index is -3.39. The third-order valence-corrected chi connectivity index (χ3v) is 3.57. The molecule has 1 aromatic carbocycles. The van der Waals surface area contributed by atoms with Gasteiger partial charge in [-0.25, -0.2) is 13.6 Å². The van der Waals surface area contributed by atoms with Crippen LogP contribution in [0, 0.1) is 0 Å². The maximum absolute atomic E-state index is 13.8. The largest absolute Gasteiger partial charge is 0.465 e. The number of alkyl halides is 2. The zero-order valence-corrected chi connectivity index (χ0v) is 11.4. The van der Waals surface area contributed by atoms with Crippen LogP contribution in [-0.2, 0) is 6.42 Å². The molecule has 1 aliphatic heterocycles. The molecule has 9 heteroatoms. The van der Waals surface area contributed by atoms with E-state index in [1.807, 2.05) is 0 Å². The second-order valence-corrected chi connectivity index (χ2v) is 5.16. The number of hydrogen-bond acceptors (Lipinski definition) is 2. The predicted octanol–water partition coefficient (Wildman–Crippen LogP) is 3.56. The highest BCUT2D eigenvalue weighted by atomic mass is 35.5. The van der Waals surface area contributed by atoms with E-state index in [4.69, 9.17) is 22.2 Å². The molecule has 0 aromatic heterocycles. The van der Waals surface area contributed by atoms with Gasteiger partial charge in [0.2, 0.25) is 0 Å². The van der Waals surface area contributed by atoms with Crippen molar-refractivity contribution in [2.75, 3.05) is 6.54 Å². The van der Waals surface area contributed by atoms with Gasteiger partial charge in [-0.15, -0.1) is 0 Å². The molecule has 1 aromatic rings. The van der Waals surface area contributed by atoms with E-state index in [9.17, 15) is 13.6 Å². The van der Waals surface area contributed by atoms with E-state index in [0.29, 0.717) is 15.5 Å². The Morgan fingerprint density at radius 3 is 2.90 bits per heavy atom. The minimum absolute atomic E-state index is 0.00780. The number of nitrogens with zero attached hydrogens (tertiary/aromatic N) is 4. The summed E-state index contributed by atoms with van der Waals surface area (Å²) in [5.41, 5.74) is 9.04. The van der Waals surface area contributed by atoms with Gasteiger partial charge in [-0.3, -0.25) is 4.90 Å². The lowest BCUT2D eigenvalue weighted by atomic mass is 9.99. The van der Waals surface area contributed by atoms with Crippen molar-refractivity contribution in [2.45, 2.75) is 24.4 Å². The van der Waals surface area contributed by atoms with E-state index in [1.54, 1.807) is 24.3 Å². The number of halogens is 3. The number of carbonyl (C=O) groups is 1. The summed E-state index contributed by atoms with van der Waals surface area (Å²) < 4.78 is 27.7. The molecule has 1 heterocycles. The summed E-state index contributed by atoms with van der Waals surface area (Å²) in [5, 5.41) is 12.6. The van der Waals surface area contributed by atoms with Crippen LogP contribution in [0.1, 0.15) is 5.56 Å². The van der Waals surface area contributed by atoms with Crippen molar-refractivity contribution in [1.82, 2.24) is 4.90 Å². The Morgan fingerprint density at radius 2 is 2.33 bits per heavy atom. The molecule has 0 spiro atoms. The van der Waals surface area contributed by atoms with Gasteiger partial charge in [-0.05, 0) is 29.6 Å². The maximum Gasteiger partial charge on any atom is 0.407 e. The predicted molar refractivity (Wildman–Crippen MR) is 71.6 cm³/mol. The Hall–Kier alpha value is -2.05. The summed E-state index contributed by atoms with van der Waals surface area (Å²) in [6.45, 7) is -0.989. The first-order valence-corrected chi connectivity index (χ1v) is 6.39.